The average Bonchev–Trinajstić information content (AvgIpc) is 3.11. The molecule has 25 heavy (non-hydrogen) atoms. The summed E-state index contributed by atoms with van der Waals surface area (Å²) in [5, 5.41) is 6.41. The summed E-state index contributed by atoms with van der Waals surface area (Å²) in [6, 6.07) is 9.51. The molecule has 0 unspecified atom stereocenters. The third-order valence-corrected chi connectivity index (χ3v) is 3.46. The predicted octanol–water partition coefficient (Wildman–Crippen LogP) is 2.10. The third-order valence-electron chi connectivity index (χ3n) is 3.46. The average molecular weight is 345 g/mol. The first kappa shape index (κ1) is 16.6. The number of aromatic nitrogens is 2. The second-order valence-corrected chi connectivity index (χ2v) is 5.17. The van der Waals surface area contributed by atoms with Gasteiger partial charge in [-0.15, -0.1) is 0 Å². The molecule has 0 saturated carbocycles. The minimum atomic E-state index is -0.754. The molecule has 2 heterocycles. The van der Waals surface area contributed by atoms with Crippen LogP contribution in [0.1, 0.15) is 5.56 Å². The molecule has 3 aromatic rings. The molecule has 2 aromatic heterocycles. The molecule has 0 atom stereocenters. The van der Waals surface area contributed by atoms with E-state index < -0.39 is 23.1 Å². The van der Waals surface area contributed by atoms with Gasteiger partial charge in [-0.1, -0.05) is 6.07 Å². The molecule has 8 heteroatoms. The van der Waals surface area contributed by atoms with E-state index in [1.807, 2.05) is 0 Å². The molecule has 0 spiro atoms. The Morgan fingerprint density at radius 3 is 2.56 bits per heavy atom. The molecule has 1 aromatic carbocycles. The molecule has 128 valence electrons. The Kier molecular flexibility index (Phi) is 4.69. The zero-order valence-electron chi connectivity index (χ0n) is 12.9. The van der Waals surface area contributed by atoms with Crippen molar-refractivity contribution in [2.75, 3.05) is 0 Å². The van der Waals surface area contributed by atoms with Crippen LogP contribution in [0.2, 0.25) is 0 Å². The summed E-state index contributed by atoms with van der Waals surface area (Å²) in [4.78, 5) is 23.8. The zero-order chi connectivity index (χ0) is 17.8. The highest BCUT2D eigenvalue weighted by molar-refractivity contribution is 5.75. The third kappa shape index (κ3) is 3.79. The molecular formula is C17H13F2N3O3. The van der Waals surface area contributed by atoms with Crippen molar-refractivity contribution in [2.45, 2.75) is 13.1 Å². The number of benzene rings is 1. The van der Waals surface area contributed by atoms with Gasteiger partial charge in [-0.05, 0) is 30.3 Å². The van der Waals surface area contributed by atoms with E-state index in [2.05, 4.69) is 10.4 Å². The number of carbonyl (C=O) groups is 1. The summed E-state index contributed by atoms with van der Waals surface area (Å²) in [6.45, 7) is -0.715. The normalized spacial score (nSPS) is 10.6. The van der Waals surface area contributed by atoms with Gasteiger partial charge in [0.2, 0.25) is 5.91 Å². The lowest BCUT2D eigenvalue weighted by Crippen LogP contribution is -2.33. The van der Waals surface area contributed by atoms with Gasteiger partial charge in [0, 0.05) is 18.2 Å². The fourth-order valence-corrected chi connectivity index (χ4v) is 2.20. The number of hydrogen-bond donors (Lipinski definition) is 1. The highest BCUT2D eigenvalue weighted by atomic mass is 19.1. The first-order valence-corrected chi connectivity index (χ1v) is 7.36. The summed E-state index contributed by atoms with van der Waals surface area (Å²) < 4.78 is 33.2. The lowest BCUT2D eigenvalue weighted by Gasteiger charge is -2.09. The van der Waals surface area contributed by atoms with Crippen molar-refractivity contribution in [3.63, 3.8) is 0 Å². The Morgan fingerprint density at radius 1 is 1.12 bits per heavy atom. The molecule has 1 N–H and O–H groups in total. The topological polar surface area (TPSA) is 77.1 Å². The van der Waals surface area contributed by atoms with Crippen LogP contribution in [0.25, 0.3) is 11.5 Å². The van der Waals surface area contributed by atoms with Gasteiger partial charge in [-0.2, -0.15) is 5.10 Å². The summed E-state index contributed by atoms with van der Waals surface area (Å²) >= 11 is 0. The highest BCUT2D eigenvalue weighted by Gasteiger charge is 2.12. The maximum absolute atomic E-state index is 13.5. The van der Waals surface area contributed by atoms with E-state index >= 15 is 0 Å². The van der Waals surface area contributed by atoms with Crippen LogP contribution in [0.5, 0.6) is 0 Å². The van der Waals surface area contributed by atoms with Crippen LogP contribution in [0.15, 0.2) is 57.9 Å². The van der Waals surface area contributed by atoms with Crippen molar-refractivity contribution in [1.82, 2.24) is 15.1 Å². The number of hydrogen-bond acceptors (Lipinski definition) is 4. The van der Waals surface area contributed by atoms with E-state index in [0.717, 1.165) is 16.8 Å². The molecule has 3 rings (SSSR count). The second kappa shape index (κ2) is 7.08. The van der Waals surface area contributed by atoms with E-state index in [-0.39, 0.29) is 18.7 Å². The molecule has 0 fully saturated rings. The van der Waals surface area contributed by atoms with Crippen LogP contribution in [0, 0.1) is 11.6 Å². The van der Waals surface area contributed by atoms with Crippen molar-refractivity contribution in [2.24, 2.45) is 0 Å². The van der Waals surface area contributed by atoms with Crippen molar-refractivity contribution >= 4 is 5.91 Å². The van der Waals surface area contributed by atoms with E-state index in [1.54, 1.807) is 12.1 Å². The van der Waals surface area contributed by atoms with Crippen molar-refractivity contribution in [3.05, 3.63) is 76.3 Å². The number of nitrogens with one attached hydrogen (secondary N) is 1. The molecule has 6 nitrogen and oxygen atoms in total. The smallest absolute Gasteiger partial charge is 0.267 e. The van der Waals surface area contributed by atoms with Gasteiger partial charge in [0.25, 0.3) is 5.56 Å². The summed E-state index contributed by atoms with van der Waals surface area (Å²) in [5.74, 6) is -1.66. The maximum atomic E-state index is 13.5. The van der Waals surface area contributed by atoms with Crippen LogP contribution < -0.4 is 10.9 Å². The fourth-order valence-electron chi connectivity index (χ4n) is 2.20. The van der Waals surface area contributed by atoms with Crippen molar-refractivity contribution < 1.29 is 18.0 Å². The lowest BCUT2D eigenvalue weighted by molar-refractivity contribution is -0.122. The Balaban J connectivity index is 1.71. The van der Waals surface area contributed by atoms with Crippen molar-refractivity contribution in [1.29, 1.82) is 0 Å². The molecule has 0 aliphatic rings. The zero-order valence-corrected chi connectivity index (χ0v) is 12.9. The van der Waals surface area contributed by atoms with Crippen LogP contribution in [-0.4, -0.2) is 15.7 Å². The van der Waals surface area contributed by atoms with Gasteiger partial charge < -0.3 is 9.73 Å². The van der Waals surface area contributed by atoms with Crippen LogP contribution in [-0.2, 0) is 17.9 Å². The lowest BCUT2D eigenvalue weighted by atomic mass is 10.2. The number of amides is 1. The SMILES string of the molecule is O=C(Cn1nc(-c2ccco2)ccc1=O)NCc1c(F)cccc1F. The highest BCUT2D eigenvalue weighted by Crippen LogP contribution is 2.15. The Morgan fingerprint density at radius 2 is 1.88 bits per heavy atom. The first-order valence-electron chi connectivity index (χ1n) is 7.36. The fraction of sp³-hybridized carbons (Fsp3) is 0.118. The van der Waals surface area contributed by atoms with Gasteiger partial charge in [0.15, 0.2) is 5.76 Å². The number of carbonyl (C=O) groups excluding carboxylic acids is 1. The predicted molar refractivity (Wildman–Crippen MR) is 84.4 cm³/mol. The summed E-state index contributed by atoms with van der Waals surface area (Å²) in [7, 11) is 0. The van der Waals surface area contributed by atoms with E-state index in [9.17, 15) is 18.4 Å². The van der Waals surface area contributed by atoms with Gasteiger partial charge in [0.05, 0.1) is 6.26 Å². The van der Waals surface area contributed by atoms with Gasteiger partial charge >= 0.3 is 0 Å². The van der Waals surface area contributed by atoms with Crippen LogP contribution in [0.3, 0.4) is 0 Å². The molecular weight excluding hydrogens is 332 g/mol. The van der Waals surface area contributed by atoms with Gasteiger partial charge in [-0.3, -0.25) is 9.59 Å². The number of rotatable bonds is 5. The Bertz CT molecular complexity index is 932. The Hall–Kier alpha value is -3.29. The molecule has 0 saturated heterocycles. The van der Waals surface area contributed by atoms with E-state index in [1.165, 1.54) is 24.5 Å². The minimum Gasteiger partial charge on any atom is -0.463 e. The van der Waals surface area contributed by atoms with Gasteiger partial charge in [0.1, 0.15) is 23.9 Å². The van der Waals surface area contributed by atoms with E-state index in [4.69, 9.17) is 4.42 Å². The first-order chi connectivity index (χ1) is 12.0. The monoisotopic (exact) mass is 345 g/mol. The molecule has 0 aliphatic heterocycles. The second-order valence-electron chi connectivity index (χ2n) is 5.17. The standard InChI is InChI=1S/C17H13F2N3O3/c18-12-3-1-4-13(19)11(12)9-20-16(23)10-22-17(24)7-6-14(21-22)15-5-2-8-25-15/h1-8H,9-10H2,(H,20,23). The molecule has 1 amide bonds. The van der Waals surface area contributed by atoms with Crippen LogP contribution in [0.4, 0.5) is 8.78 Å². The van der Waals surface area contributed by atoms with E-state index in [0.29, 0.717) is 11.5 Å². The largest absolute Gasteiger partial charge is 0.463 e. The maximum Gasteiger partial charge on any atom is 0.267 e. The molecule has 0 bridgehead atoms. The number of nitrogens with zero attached hydrogens (tertiary/aromatic N) is 2. The molecule has 0 aliphatic carbocycles. The quantitative estimate of drug-likeness (QED) is 0.768. The van der Waals surface area contributed by atoms with Crippen molar-refractivity contribution in [3.8, 4) is 11.5 Å². The Labute approximate surface area is 140 Å². The molecule has 0 radical (unpaired) electrons. The van der Waals surface area contributed by atoms with Crippen LogP contribution >= 0.6 is 0 Å². The van der Waals surface area contributed by atoms with Gasteiger partial charge in [-0.25, -0.2) is 13.5 Å². The summed E-state index contributed by atoms with van der Waals surface area (Å²) in [5.41, 5.74) is -0.347. The summed E-state index contributed by atoms with van der Waals surface area (Å²) in [6.07, 6.45) is 1.46. The minimum absolute atomic E-state index is 0.250. The number of furan rings is 1. The number of halogens is 2.